The maximum atomic E-state index is 10.6. The largest absolute Gasteiger partial charge is 0.481 e. The van der Waals surface area contributed by atoms with Crippen molar-refractivity contribution in [3.05, 3.63) is 34.9 Å². The molecule has 0 heterocycles. The highest BCUT2D eigenvalue weighted by Crippen LogP contribution is 2.21. The number of benzene rings is 1. The molecular formula is C31H52O4. The summed E-state index contributed by atoms with van der Waals surface area (Å²) in [5, 5.41) is 17.4. The van der Waals surface area contributed by atoms with Crippen LogP contribution in [0, 0.1) is 0 Å². The zero-order valence-electron chi connectivity index (χ0n) is 22.5. The lowest BCUT2D eigenvalue weighted by Crippen LogP contribution is -1.98. The van der Waals surface area contributed by atoms with Gasteiger partial charge >= 0.3 is 11.9 Å². The number of carboxylic acid groups (broad SMARTS) is 2. The summed E-state index contributed by atoms with van der Waals surface area (Å²) in [6, 6.07) is 7.23. The van der Waals surface area contributed by atoms with Crippen LogP contribution in [-0.4, -0.2) is 22.2 Å². The van der Waals surface area contributed by atoms with Gasteiger partial charge in [0.25, 0.3) is 0 Å². The summed E-state index contributed by atoms with van der Waals surface area (Å²) in [5.41, 5.74) is 4.60. The maximum Gasteiger partial charge on any atom is 0.303 e. The number of carbonyl (C=O) groups is 2. The van der Waals surface area contributed by atoms with Crippen molar-refractivity contribution in [3.8, 4) is 0 Å². The molecule has 0 aliphatic rings. The summed E-state index contributed by atoms with van der Waals surface area (Å²) in [6.07, 6.45) is 24.0. The number of aliphatic carboxylic acids is 2. The van der Waals surface area contributed by atoms with E-state index in [2.05, 4.69) is 25.1 Å². The first-order chi connectivity index (χ1) is 17.0. The highest BCUT2D eigenvalue weighted by Gasteiger charge is 2.06. The third-order valence-electron chi connectivity index (χ3n) is 7.01. The highest BCUT2D eigenvalue weighted by molar-refractivity contribution is 5.66. The van der Waals surface area contributed by atoms with Crippen molar-refractivity contribution >= 4 is 11.9 Å². The van der Waals surface area contributed by atoms with Gasteiger partial charge in [-0.2, -0.15) is 0 Å². The van der Waals surface area contributed by atoms with E-state index in [4.69, 9.17) is 10.2 Å². The molecule has 0 bridgehead atoms. The van der Waals surface area contributed by atoms with Gasteiger partial charge in [-0.25, -0.2) is 0 Å². The van der Waals surface area contributed by atoms with Crippen LogP contribution in [0.4, 0.5) is 0 Å². The molecule has 0 unspecified atom stereocenters. The van der Waals surface area contributed by atoms with Gasteiger partial charge < -0.3 is 10.2 Å². The molecule has 35 heavy (non-hydrogen) atoms. The van der Waals surface area contributed by atoms with E-state index in [1.807, 2.05) is 0 Å². The smallest absolute Gasteiger partial charge is 0.303 e. The molecule has 4 nitrogen and oxygen atoms in total. The molecule has 0 fully saturated rings. The summed E-state index contributed by atoms with van der Waals surface area (Å²) < 4.78 is 0. The van der Waals surface area contributed by atoms with E-state index >= 15 is 0 Å². The molecule has 0 saturated heterocycles. The number of hydrogen-bond donors (Lipinski definition) is 2. The molecule has 0 radical (unpaired) electrons. The fraction of sp³-hybridized carbons (Fsp3) is 0.742. The monoisotopic (exact) mass is 488 g/mol. The average Bonchev–Trinajstić information content (AvgIpc) is 2.82. The molecule has 1 aromatic carbocycles. The minimum Gasteiger partial charge on any atom is -0.481 e. The molecule has 0 aliphatic carbocycles. The zero-order valence-corrected chi connectivity index (χ0v) is 22.5. The molecule has 0 atom stereocenters. The summed E-state index contributed by atoms with van der Waals surface area (Å²) in [5.74, 6) is -1.35. The standard InChI is InChI=1S/C31H52O4/c1-2-3-14-19-27-24-25-28(20-15-10-6-4-8-12-17-22-30(32)33)29(26-27)21-16-11-7-5-9-13-18-23-31(34)35/h24-26H,2-23H2,1H3,(H,32,33)(H,34,35). The van der Waals surface area contributed by atoms with Gasteiger partial charge in [0.05, 0.1) is 0 Å². The lowest BCUT2D eigenvalue weighted by molar-refractivity contribution is -0.138. The Kier molecular flexibility index (Phi) is 19.1. The van der Waals surface area contributed by atoms with Crippen LogP contribution in [0.25, 0.3) is 0 Å². The first-order valence-corrected chi connectivity index (χ1v) is 14.6. The SMILES string of the molecule is CCCCCc1ccc(CCCCCCCCCC(=O)O)c(CCCCCCCCCC(=O)O)c1. The summed E-state index contributed by atoms with van der Waals surface area (Å²) in [6.45, 7) is 2.26. The van der Waals surface area contributed by atoms with Gasteiger partial charge in [0.2, 0.25) is 0 Å². The Morgan fingerprint density at radius 1 is 0.543 bits per heavy atom. The third kappa shape index (κ3) is 18.1. The first kappa shape index (κ1) is 31.2. The Morgan fingerprint density at radius 2 is 0.971 bits per heavy atom. The molecule has 0 amide bonds. The molecule has 1 rings (SSSR count). The molecule has 0 saturated carbocycles. The zero-order chi connectivity index (χ0) is 25.6. The van der Waals surface area contributed by atoms with Crippen molar-refractivity contribution < 1.29 is 19.8 Å². The lowest BCUT2D eigenvalue weighted by Gasteiger charge is -2.13. The number of rotatable bonds is 24. The van der Waals surface area contributed by atoms with Crippen LogP contribution < -0.4 is 0 Å². The van der Waals surface area contributed by atoms with Crippen LogP contribution in [0.15, 0.2) is 18.2 Å². The Labute approximate surface area is 214 Å². The van der Waals surface area contributed by atoms with Gasteiger partial charge in [-0.1, -0.05) is 102 Å². The Bertz CT molecular complexity index is 683. The van der Waals surface area contributed by atoms with Crippen molar-refractivity contribution in [3.63, 3.8) is 0 Å². The second-order valence-corrected chi connectivity index (χ2v) is 10.3. The van der Waals surface area contributed by atoms with E-state index in [1.165, 1.54) is 95.5 Å². The Balaban J connectivity index is 2.35. The van der Waals surface area contributed by atoms with E-state index < -0.39 is 11.9 Å². The van der Waals surface area contributed by atoms with E-state index in [0.717, 1.165) is 38.5 Å². The van der Waals surface area contributed by atoms with Crippen LogP contribution in [0.3, 0.4) is 0 Å². The minimum atomic E-state index is -0.676. The molecule has 2 N–H and O–H groups in total. The highest BCUT2D eigenvalue weighted by atomic mass is 16.4. The maximum absolute atomic E-state index is 10.6. The predicted molar refractivity (Wildman–Crippen MR) is 146 cm³/mol. The second-order valence-electron chi connectivity index (χ2n) is 10.3. The van der Waals surface area contributed by atoms with Crippen molar-refractivity contribution in [2.45, 2.75) is 148 Å². The van der Waals surface area contributed by atoms with Gasteiger partial charge in [0.15, 0.2) is 0 Å². The summed E-state index contributed by atoms with van der Waals surface area (Å²) in [4.78, 5) is 21.2. The van der Waals surface area contributed by atoms with E-state index in [-0.39, 0.29) is 0 Å². The van der Waals surface area contributed by atoms with Gasteiger partial charge in [0.1, 0.15) is 0 Å². The second kappa shape index (κ2) is 21.4. The predicted octanol–water partition coefficient (Wildman–Crippen LogP) is 8.92. The average molecular weight is 489 g/mol. The number of unbranched alkanes of at least 4 members (excludes halogenated alkanes) is 14. The summed E-state index contributed by atoms with van der Waals surface area (Å²) >= 11 is 0. The third-order valence-corrected chi connectivity index (χ3v) is 7.01. The van der Waals surface area contributed by atoms with Crippen molar-refractivity contribution in [1.29, 1.82) is 0 Å². The fourth-order valence-corrected chi connectivity index (χ4v) is 4.84. The van der Waals surface area contributed by atoms with Gasteiger partial charge in [-0.3, -0.25) is 9.59 Å². The lowest BCUT2D eigenvalue weighted by atomic mass is 9.93. The van der Waals surface area contributed by atoms with Crippen molar-refractivity contribution in [2.24, 2.45) is 0 Å². The quantitative estimate of drug-likeness (QED) is 0.142. The first-order valence-electron chi connectivity index (χ1n) is 14.6. The molecule has 0 spiro atoms. The van der Waals surface area contributed by atoms with Crippen LogP contribution >= 0.6 is 0 Å². The van der Waals surface area contributed by atoms with Crippen molar-refractivity contribution in [2.75, 3.05) is 0 Å². The van der Waals surface area contributed by atoms with Crippen LogP contribution in [0.1, 0.15) is 146 Å². The van der Waals surface area contributed by atoms with Crippen molar-refractivity contribution in [1.82, 2.24) is 0 Å². The Hall–Kier alpha value is -1.84. The van der Waals surface area contributed by atoms with Crippen LogP contribution in [-0.2, 0) is 28.9 Å². The van der Waals surface area contributed by atoms with E-state index in [0.29, 0.717) is 12.8 Å². The van der Waals surface area contributed by atoms with Gasteiger partial charge in [0, 0.05) is 12.8 Å². The molecule has 200 valence electrons. The van der Waals surface area contributed by atoms with Gasteiger partial charge in [-0.15, -0.1) is 0 Å². The molecule has 4 heteroatoms. The topological polar surface area (TPSA) is 74.6 Å². The normalized spacial score (nSPS) is 11.1. The summed E-state index contributed by atoms with van der Waals surface area (Å²) in [7, 11) is 0. The molecule has 1 aromatic rings. The number of aryl methyl sites for hydroxylation is 3. The number of carboxylic acids is 2. The fourth-order valence-electron chi connectivity index (χ4n) is 4.84. The van der Waals surface area contributed by atoms with Gasteiger partial charge in [-0.05, 0) is 68.1 Å². The molecule has 0 aromatic heterocycles. The minimum absolute atomic E-state index is 0.310. The van der Waals surface area contributed by atoms with Crippen LogP contribution in [0.5, 0.6) is 0 Å². The number of hydrogen-bond acceptors (Lipinski definition) is 2. The van der Waals surface area contributed by atoms with Crippen LogP contribution in [0.2, 0.25) is 0 Å². The Morgan fingerprint density at radius 3 is 1.46 bits per heavy atom. The molecular weight excluding hydrogens is 436 g/mol. The van der Waals surface area contributed by atoms with E-state index in [1.54, 1.807) is 11.1 Å². The molecule has 0 aliphatic heterocycles. The van der Waals surface area contributed by atoms with E-state index in [9.17, 15) is 9.59 Å².